The summed E-state index contributed by atoms with van der Waals surface area (Å²) in [6, 6.07) is 4.86. The van der Waals surface area contributed by atoms with Crippen molar-refractivity contribution in [3.8, 4) is 6.07 Å². The minimum atomic E-state index is -0.301. The van der Waals surface area contributed by atoms with Crippen LogP contribution in [0.1, 0.15) is 24.0 Å². The van der Waals surface area contributed by atoms with Gasteiger partial charge in [-0.2, -0.15) is 5.26 Å². The molecule has 0 unspecified atom stereocenters. The van der Waals surface area contributed by atoms with Crippen molar-refractivity contribution in [2.45, 2.75) is 26.2 Å². The van der Waals surface area contributed by atoms with Crippen molar-refractivity contribution in [1.29, 1.82) is 5.26 Å². The third-order valence-corrected chi connectivity index (χ3v) is 2.86. The number of nitrogens with one attached hydrogen (secondary N) is 1. The molecule has 0 radical (unpaired) electrons. The van der Waals surface area contributed by atoms with Crippen molar-refractivity contribution >= 4 is 17.5 Å². The molecule has 0 saturated heterocycles. The van der Waals surface area contributed by atoms with E-state index in [0.29, 0.717) is 29.1 Å². The summed E-state index contributed by atoms with van der Waals surface area (Å²) in [5.74, 6) is -0.481. The Labute approximate surface area is 111 Å². The summed E-state index contributed by atoms with van der Waals surface area (Å²) in [7, 11) is 0. The molecule has 0 aliphatic rings. The molecule has 5 heteroatoms. The van der Waals surface area contributed by atoms with Gasteiger partial charge in [-0.3, -0.25) is 4.79 Å². The molecule has 1 N–H and O–H groups in total. The molecule has 1 amide bonds. The molecule has 1 aromatic carbocycles. The Morgan fingerprint density at radius 2 is 2.28 bits per heavy atom. The SMILES string of the molecule is Cc1cc(Cl)c(CCNC(=O)CCC#N)cc1F. The van der Waals surface area contributed by atoms with Crippen LogP contribution in [0.4, 0.5) is 4.39 Å². The first-order valence-corrected chi connectivity index (χ1v) is 6.00. The number of carbonyl (C=O) groups is 1. The lowest BCUT2D eigenvalue weighted by atomic mass is 10.1. The van der Waals surface area contributed by atoms with Crippen LogP contribution >= 0.6 is 11.6 Å². The molecule has 0 atom stereocenters. The number of nitriles is 1. The van der Waals surface area contributed by atoms with Gasteiger partial charge in [0, 0.05) is 24.4 Å². The van der Waals surface area contributed by atoms with Crippen LogP contribution in [-0.2, 0) is 11.2 Å². The van der Waals surface area contributed by atoms with Gasteiger partial charge in [-0.1, -0.05) is 11.6 Å². The third-order valence-electron chi connectivity index (χ3n) is 2.51. The largest absolute Gasteiger partial charge is 0.356 e. The van der Waals surface area contributed by atoms with Gasteiger partial charge in [-0.25, -0.2) is 4.39 Å². The van der Waals surface area contributed by atoms with E-state index in [-0.39, 0.29) is 24.6 Å². The summed E-state index contributed by atoms with van der Waals surface area (Å²) in [6.07, 6.45) is 0.854. The average Bonchev–Trinajstić information content (AvgIpc) is 2.33. The van der Waals surface area contributed by atoms with E-state index in [2.05, 4.69) is 5.32 Å². The van der Waals surface area contributed by atoms with Gasteiger partial charge < -0.3 is 5.32 Å². The molecule has 1 aromatic rings. The van der Waals surface area contributed by atoms with Crippen LogP contribution in [0, 0.1) is 24.1 Å². The van der Waals surface area contributed by atoms with Gasteiger partial charge in [0.15, 0.2) is 0 Å². The highest BCUT2D eigenvalue weighted by Gasteiger charge is 2.06. The number of nitrogens with zero attached hydrogens (tertiary/aromatic N) is 1. The Bertz CT molecular complexity index is 483. The Morgan fingerprint density at radius 1 is 1.56 bits per heavy atom. The van der Waals surface area contributed by atoms with E-state index in [1.165, 1.54) is 6.07 Å². The molecule has 1 rings (SSSR count). The van der Waals surface area contributed by atoms with Gasteiger partial charge in [-0.15, -0.1) is 0 Å². The zero-order chi connectivity index (χ0) is 13.5. The normalized spacial score (nSPS) is 9.89. The van der Waals surface area contributed by atoms with Crippen LogP contribution in [0.2, 0.25) is 5.02 Å². The number of rotatable bonds is 5. The third kappa shape index (κ3) is 4.34. The second kappa shape index (κ2) is 6.97. The predicted molar refractivity (Wildman–Crippen MR) is 67.7 cm³/mol. The summed E-state index contributed by atoms with van der Waals surface area (Å²) in [6.45, 7) is 2.03. The maximum atomic E-state index is 13.3. The number of aryl methyl sites for hydroxylation is 1. The first-order chi connectivity index (χ1) is 8.54. The molecule has 0 aliphatic heterocycles. The quantitative estimate of drug-likeness (QED) is 0.893. The Balaban J connectivity index is 2.47. The van der Waals surface area contributed by atoms with Crippen molar-refractivity contribution in [3.63, 3.8) is 0 Å². The number of carbonyl (C=O) groups excluding carboxylic acids is 1. The minimum Gasteiger partial charge on any atom is -0.356 e. The fourth-order valence-corrected chi connectivity index (χ4v) is 1.79. The molecule has 0 bridgehead atoms. The summed E-state index contributed by atoms with van der Waals surface area (Å²) in [5, 5.41) is 11.5. The molecule has 96 valence electrons. The van der Waals surface area contributed by atoms with Crippen LogP contribution < -0.4 is 5.32 Å². The first-order valence-electron chi connectivity index (χ1n) is 5.62. The van der Waals surface area contributed by atoms with Gasteiger partial charge >= 0.3 is 0 Å². The number of halogens is 2. The average molecular weight is 269 g/mol. The maximum absolute atomic E-state index is 13.3. The summed E-state index contributed by atoms with van der Waals surface area (Å²) in [4.78, 5) is 11.2. The molecular weight excluding hydrogens is 255 g/mol. The summed E-state index contributed by atoms with van der Waals surface area (Å²) >= 11 is 5.98. The van der Waals surface area contributed by atoms with E-state index in [0.717, 1.165) is 0 Å². The molecule has 0 heterocycles. The number of hydrogen-bond acceptors (Lipinski definition) is 2. The van der Waals surface area contributed by atoms with Gasteiger partial charge in [-0.05, 0) is 36.6 Å². The fourth-order valence-electron chi connectivity index (χ4n) is 1.47. The van der Waals surface area contributed by atoms with E-state index in [1.807, 2.05) is 6.07 Å². The summed E-state index contributed by atoms with van der Waals surface area (Å²) < 4.78 is 13.3. The van der Waals surface area contributed by atoms with E-state index in [4.69, 9.17) is 16.9 Å². The van der Waals surface area contributed by atoms with Crippen molar-refractivity contribution in [3.05, 3.63) is 34.1 Å². The minimum absolute atomic E-state index is 0.180. The van der Waals surface area contributed by atoms with Crippen LogP contribution in [0.15, 0.2) is 12.1 Å². The number of benzene rings is 1. The Hall–Kier alpha value is -1.60. The molecule has 18 heavy (non-hydrogen) atoms. The van der Waals surface area contributed by atoms with Crippen LogP contribution in [0.25, 0.3) is 0 Å². The highest BCUT2D eigenvalue weighted by Crippen LogP contribution is 2.20. The van der Waals surface area contributed by atoms with E-state index in [1.54, 1.807) is 13.0 Å². The molecular formula is C13H14ClFN2O. The van der Waals surface area contributed by atoms with Gasteiger partial charge in [0.05, 0.1) is 6.07 Å². The van der Waals surface area contributed by atoms with Gasteiger partial charge in [0.2, 0.25) is 5.91 Å². The lowest BCUT2D eigenvalue weighted by Gasteiger charge is -2.07. The monoisotopic (exact) mass is 268 g/mol. The molecule has 0 aliphatic carbocycles. The van der Waals surface area contributed by atoms with E-state index >= 15 is 0 Å². The van der Waals surface area contributed by atoms with Crippen LogP contribution in [-0.4, -0.2) is 12.5 Å². The molecule has 3 nitrogen and oxygen atoms in total. The number of hydrogen-bond donors (Lipinski definition) is 1. The molecule has 0 fully saturated rings. The summed E-state index contributed by atoms with van der Waals surface area (Å²) in [5.41, 5.74) is 1.17. The van der Waals surface area contributed by atoms with Gasteiger partial charge in [0.25, 0.3) is 0 Å². The smallest absolute Gasteiger partial charge is 0.221 e. The molecule has 0 aromatic heterocycles. The second-order valence-corrected chi connectivity index (χ2v) is 4.36. The molecule has 0 saturated carbocycles. The van der Waals surface area contributed by atoms with Gasteiger partial charge in [0.1, 0.15) is 5.82 Å². The lowest BCUT2D eigenvalue weighted by molar-refractivity contribution is -0.120. The van der Waals surface area contributed by atoms with Crippen LogP contribution in [0.5, 0.6) is 0 Å². The second-order valence-electron chi connectivity index (χ2n) is 3.95. The van der Waals surface area contributed by atoms with E-state index < -0.39 is 0 Å². The highest BCUT2D eigenvalue weighted by molar-refractivity contribution is 6.31. The zero-order valence-electron chi connectivity index (χ0n) is 10.1. The van der Waals surface area contributed by atoms with Crippen molar-refractivity contribution in [2.75, 3.05) is 6.54 Å². The fraction of sp³-hybridized carbons (Fsp3) is 0.385. The van der Waals surface area contributed by atoms with Crippen molar-refractivity contribution < 1.29 is 9.18 Å². The molecule has 0 spiro atoms. The Kier molecular flexibility index (Phi) is 5.60. The van der Waals surface area contributed by atoms with Crippen molar-refractivity contribution in [2.24, 2.45) is 0 Å². The number of amides is 1. The standard InChI is InChI=1S/C13H14ClFN2O/c1-9-7-11(14)10(8-12(9)15)4-6-17-13(18)3-2-5-16/h7-8H,2-4,6H2,1H3,(H,17,18). The lowest BCUT2D eigenvalue weighted by Crippen LogP contribution is -2.25. The Morgan fingerprint density at radius 3 is 2.94 bits per heavy atom. The predicted octanol–water partition coefficient (Wildman–Crippen LogP) is 2.75. The topological polar surface area (TPSA) is 52.9 Å². The zero-order valence-corrected chi connectivity index (χ0v) is 10.9. The van der Waals surface area contributed by atoms with Crippen molar-refractivity contribution in [1.82, 2.24) is 5.32 Å². The highest BCUT2D eigenvalue weighted by atomic mass is 35.5. The first kappa shape index (κ1) is 14.5. The van der Waals surface area contributed by atoms with E-state index in [9.17, 15) is 9.18 Å². The van der Waals surface area contributed by atoms with Crippen LogP contribution in [0.3, 0.4) is 0 Å². The maximum Gasteiger partial charge on any atom is 0.221 e.